The minimum Gasteiger partial charge on any atom is -0.444 e. The van der Waals surface area contributed by atoms with E-state index < -0.39 is 5.60 Å². The summed E-state index contributed by atoms with van der Waals surface area (Å²) in [5.41, 5.74) is 5.26. The number of carbonyl (C=O) groups excluding carboxylic acids is 1. The SMILES string of the molecule is CC(C)(C)OC(=O)NC1CCC2(CC1)CCC(CN)O2. The van der Waals surface area contributed by atoms with E-state index in [1.807, 2.05) is 20.8 Å². The number of rotatable bonds is 2. The number of amides is 1. The van der Waals surface area contributed by atoms with Crippen LogP contribution < -0.4 is 11.1 Å². The van der Waals surface area contributed by atoms with Crippen molar-refractivity contribution in [3.63, 3.8) is 0 Å². The average molecular weight is 284 g/mol. The second-order valence-corrected chi connectivity index (χ2v) is 7.12. The number of alkyl carbamates (subject to hydrolysis) is 1. The molecular weight excluding hydrogens is 256 g/mol. The van der Waals surface area contributed by atoms with E-state index in [-0.39, 0.29) is 23.8 Å². The molecule has 0 radical (unpaired) electrons. The summed E-state index contributed by atoms with van der Waals surface area (Å²) in [5, 5.41) is 2.97. The Bertz CT molecular complexity index is 344. The summed E-state index contributed by atoms with van der Waals surface area (Å²) in [5.74, 6) is 0. The molecule has 1 aliphatic carbocycles. The lowest BCUT2D eigenvalue weighted by Crippen LogP contribution is -2.45. The van der Waals surface area contributed by atoms with Gasteiger partial charge in [0.2, 0.25) is 0 Å². The molecule has 1 heterocycles. The third kappa shape index (κ3) is 4.09. The first kappa shape index (κ1) is 15.6. The van der Waals surface area contributed by atoms with Gasteiger partial charge in [-0.25, -0.2) is 4.79 Å². The number of hydrogen-bond acceptors (Lipinski definition) is 4. The van der Waals surface area contributed by atoms with E-state index in [9.17, 15) is 4.79 Å². The Kier molecular flexibility index (Phi) is 4.59. The zero-order valence-corrected chi connectivity index (χ0v) is 12.9. The predicted molar refractivity (Wildman–Crippen MR) is 77.5 cm³/mol. The first-order valence-electron chi connectivity index (χ1n) is 7.69. The molecule has 1 aliphatic heterocycles. The van der Waals surface area contributed by atoms with Crippen LogP contribution in [0.4, 0.5) is 4.79 Å². The fraction of sp³-hybridized carbons (Fsp3) is 0.933. The monoisotopic (exact) mass is 284 g/mol. The molecule has 2 aliphatic rings. The fourth-order valence-electron chi connectivity index (χ4n) is 3.19. The summed E-state index contributed by atoms with van der Waals surface area (Å²) >= 11 is 0. The molecule has 5 nitrogen and oxygen atoms in total. The molecule has 0 bridgehead atoms. The Balaban J connectivity index is 1.76. The summed E-state index contributed by atoms with van der Waals surface area (Å²) < 4.78 is 11.4. The minimum absolute atomic E-state index is 0.0240. The van der Waals surface area contributed by atoms with Crippen LogP contribution in [0, 0.1) is 0 Å². The van der Waals surface area contributed by atoms with Gasteiger partial charge in [0.25, 0.3) is 0 Å². The molecule has 1 saturated heterocycles. The van der Waals surface area contributed by atoms with Crippen LogP contribution in [0.1, 0.15) is 59.3 Å². The molecule has 1 unspecified atom stereocenters. The van der Waals surface area contributed by atoms with E-state index in [1.165, 1.54) is 0 Å². The fourth-order valence-corrected chi connectivity index (χ4v) is 3.19. The van der Waals surface area contributed by atoms with Crippen LogP contribution in [-0.2, 0) is 9.47 Å². The van der Waals surface area contributed by atoms with Crippen LogP contribution in [0.15, 0.2) is 0 Å². The van der Waals surface area contributed by atoms with Gasteiger partial charge in [0.15, 0.2) is 0 Å². The number of carbonyl (C=O) groups is 1. The molecule has 0 aromatic heterocycles. The molecule has 20 heavy (non-hydrogen) atoms. The van der Waals surface area contributed by atoms with Gasteiger partial charge in [0.05, 0.1) is 11.7 Å². The summed E-state index contributed by atoms with van der Waals surface area (Å²) in [6.45, 7) is 6.24. The van der Waals surface area contributed by atoms with Crippen molar-refractivity contribution in [2.45, 2.75) is 82.6 Å². The zero-order valence-electron chi connectivity index (χ0n) is 12.9. The van der Waals surface area contributed by atoms with E-state index in [1.54, 1.807) is 0 Å². The van der Waals surface area contributed by atoms with E-state index in [2.05, 4.69) is 5.32 Å². The molecule has 1 saturated carbocycles. The van der Waals surface area contributed by atoms with Crippen LogP contribution in [0.5, 0.6) is 0 Å². The Hall–Kier alpha value is -0.810. The standard InChI is InChI=1S/C15H28N2O3/c1-14(2,3)20-13(18)17-11-4-7-15(8-5-11)9-6-12(10-16)19-15/h11-12H,4-10,16H2,1-3H3,(H,17,18). The van der Waals surface area contributed by atoms with Crippen molar-refractivity contribution in [2.24, 2.45) is 5.73 Å². The van der Waals surface area contributed by atoms with Crippen LogP contribution in [0.2, 0.25) is 0 Å². The lowest BCUT2D eigenvalue weighted by atomic mass is 9.80. The quantitative estimate of drug-likeness (QED) is 0.816. The molecule has 2 rings (SSSR count). The van der Waals surface area contributed by atoms with Crippen molar-refractivity contribution < 1.29 is 14.3 Å². The highest BCUT2D eigenvalue weighted by Gasteiger charge is 2.42. The topological polar surface area (TPSA) is 73.6 Å². The van der Waals surface area contributed by atoms with Gasteiger partial charge in [-0.15, -0.1) is 0 Å². The highest BCUT2D eigenvalue weighted by Crippen LogP contribution is 2.41. The van der Waals surface area contributed by atoms with Crippen LogP contribution in [-0.4, -0.2) is 36.0 Å². The first-order valence-corrected chi connectivity index (χ1v) is 7.69. The summed E-state index contributed by atoms with van der Waals surface area (Å²) in [6.07, 6.45) is 6.01. The largest absolute Gasteiger partial charge is 0.444 e. The first-order chi connectivity index (χ1) is 9.32. The Morgan fingerprint density at radius 3 is 2.40 bits per heavy atom. The van der Waals surface area contributed by atoms with Gasteiger partial charge in [-0.1, -0.05) is 0 Å². The number of hydrogen-bond donors (Lipinski definition) is 2. The van der Waals surface area contributed by atoms with Gasteiger partial charge in [0, 0.05) is 12.6 Å². The molecule has 1 atom stereocenters. The van der Waals surface area contributed by atoms with E-state index in [0.29, 0.717) is 6.54 Å². The predicted octanol–water partition coefficient (Wildman–Crippen LogP) is 2.33. The maximum atomic E-state index is 11.8. The van der Waals surface area contributed by atoms with Crippen molar-refractivity contribution in [3.8, 4) is 0 Å². The van der Waals surface area contributed by atoms with E-state index in [4.69, 9.17) is 15.2 Å². The summed E-state index contributed by atoms with van der Waals surface area (Å²) in [4.78, 5) is 11.8. The lowest BCUT2D eigenvalue weighted by molar-refractivity contribution is -0.0646. The third-order valence-electron chi connectivity index (χ3n) is 4.22. The van der Waals surface area contributed by atoms with Crippen molar-refractivity contribution in [3.05, 3.63) is 0 Å². The normalized spacial score (nSPS) is 34.2. The smallest absolute Gasteiger partial charge is 0.407 e. The average Bonchev–Trinajstić information content (AvgIpc) is 2.74. The molecule has 0 aromatic carbocycles. The second kappa shape index (κ2) is 5.90. The molecule has 116 valence electrons. The maximum Gasteiger partial charge on any atom is 0.407 e. The van der Waals surface area contributed by atoms with Gasteiger partial charge in [0.1, 0.15) is 5.60 Å². The lowest BCUT2D eigenvalue weighted by Gasteiger charge is -2.37. The molecule has 1 amide bonds. The van der Waals surface area contributed by atoms with Gasteiger partial charge in [-0.05, 0) is 59.3 Å². The highest BCUT2D eigenvalue weighted by molar-refractivity contribution is 5.68. The maximum absolute atomic E-state index is 11.8. The van der Waals surface area contributed by atoms with Crippen LogP contribution in [0.3, 0.4) is 0 Å². The minimum atomic E-state index is -0.442. The Morgan fingerprint density at radius 1 is 1.30 bits per heavy atom. The number of nitrogens with one attached hydrogen (secondary N) is 1. The highest BCUT2D eigenvalue weighted by atomic mass is 16.6. The van der Waals surface area contributed by atoms with Gasteiger partial charge in [-0.2, -0.15) is 0 Å². The molecule has 3 N–H and O–H groups in total. The molecule has 5 heteroatoms. The van der Waals surface area contributed by atoms with Crippen molar-refractivity contribution in [2.75, 3.05) is 6.54 Å². The van der Waals surface area contributed by atoms with Crippen molar-refractivity contribution in [1.29, 1.82) is 0 Å². The van der Waals surface area contributed by atoms with E-state index in [0.717, 1.165) is 38.5 Å². The Morgan fingerprint density at radius 2 is 1.90 bits per heavy atom. The Labute approximate surface area is 121 Å². The summed E-state index contributed by atoms with van der Waals surface area (Å²) in [7, 11) is 0. The third-order valence-corrected chi connectivity index (χ3v) is 4.22. The molecule has 1 spiro atoms. The number of nitrogens with two attached hydrogens (primary N) is 1. The van der Waals surface area contributed by atoms with Crippen molar-refractivity contribution >= 4 is 6.09 Å². The zero-order chi connectivity index (χ0) is 14.8. The second-order valence-electron chi connectivity index (χ2n) is 7.12. The van der Waals surface area contributed by atoms with Gasteiger partial charge in [-0.3, -0.25) is 0 Å². The van der Waals surface area contributed by atoms with Gasteiger partial charge >= 0.3 is 6.09 Å². The number of ether oxygens (including phenoxy) is 2. The van der Waals surface area contributed by atoms with Crippen LogP contribution in [0.25, 0.3) is 0 Å². The molecule has 0 aromatic rings. The molecular formula is C15H28N2O3. The van der Waals surface area contributed by atoms with Gasteiger partial charge < -0.3 is 20.5 Å². The molecule has 2 fully saturated rings. The summed E-state index contributed by atoms with van der Waals surface area (Å²) in [6, 6.07) is 0.205. The van der Waals surface area contributed by atoms with Crippen LogP contribution >= 0.6 is 0 Å². The van der Waals surface area contributed by atoms with Crippen molar-refractivity contribution in [1.82, 2.24) is 5.32 Å². The van der Waals surface area contributed by atoms with E-state index >= 15 is 0 Å².